The van der Waals surface area contributed by atoms with Crippen LogP contribution < -0.4 is 4.74 Å². The number of hydrogen-bond donors (Lipinski definition) is 0. The summed E-state index contributed by atoms with van der Waals surface area (Å²) in [7, 11) is 0.926. The van der Waals surface area contributed by atoms with Crippen molar-refractivity contribution in [3.63, 3.8) is 0 Å². The van der Waals surface area contributed by atoms with Gasteiger partial charge in [0.15, 0.2) is 5.75 Å². The van der Waals surface area contributed by atoms with Crippen LogP contribution in [0, 0.1) is 0 Å². The van der Waals surface area contributed by atoms with Gasteiger partial charge in [0.05, 0.1) is 4.47 Å². The Labute approximate surface area is 111 Å². The molecule has 1 aromatic rings. The minimum absolute atomic E-state index is 0.0429. The maximum absolute atomic E-state index is 12.1. The van der Waals surface area contributed by atoms with E-state index in [0.29, 0.717) is 0 Å². The van der Waals surface area contributed by atoms with Crippen LogP contribution in [0.4, 0.5) is 8.78 Å². The number of alkyl halides is 2. The van der Waals surface area contributed by atoms with Crippen LogP contribution in [0.1, 0.15) is 0 Å². The fraction of sp³-hybridized carbons (Fsp3) is 0.143. The lowest BCUT2D eigenvalue weighted by atomic mass is 10.3. The summed E-state index contributed by atoms with van der Waals surface area (Å²) in [4.78, 5) is -0.538. The Morgan fingerprint density at radius 3 is 2.19 bits per heavy atom. The summed E-state index contributed by atoms with van der Waals surface area (Å²) in [6.45, 7) is -3.15. The van der Waals surface area contributed by atoms with Crippen molar-refractivity contribution in [2.24, 2.45) is 0 Å². The van der Waals surface area contributed by atoms with Crippen molar-refractivity contribution in [1.29, 1.82) is 0 Å². The molecule has 0 N–H and O–H groups in total. The second kappa shape index (κ2) is 5.16. The van der Waals surface area contributed by atoms with Gasteiger partial charge in [0.2, 0.25) is 0 Å². The third-order valence-electron chi connectivity index (χ3n) is 1.47. The molecule has 0 aliphatic rings. The first kappa shape index (κ1) is 14.1. The van der Waals surface area contributed by atoms with Gasteiger partial charge < -0.3 is 4.74 Å². The van der Waals surface area contributed by atoms with Crippen LogP contribution in [0.25, 0.3) is 0 Å². The van der Waals surface area contributed by atoms with Gasteiger partial charge in [-0.05, 0) is 44.0 Å². The standard InChI is InChI=1S/C7H3Br2ClF2O3S/c8-3-1-2-4(9)6(16(10,13)14)5(3)15-7(11)12/h1-2,7H. The third kappa shape index (κ3) is 3.28. The highest BCUT2D eigenvalue weighted by atomic mass is 79.9. The van der Waals surface area contributed by atoms with Crippen LogP contribution in [0.5, 0.6) is 5.75 Å². The summed E-state index contributed by atoms with van der Waals surface area (Å²) in [5, 5.41) is 0. The summed E-state index contributed by atoms with van der Waals surface area (Å²) in [6, 6.07) is 2.70. The summed E-state index contributed by atoms with van der Waals surface area (Å²) >= 11 is 5.80. The molecule has 3 nitrogen and oxygen atoms in total. The molecular formula is C7H3Br2ClF2O3S. The number of hydrogen-bond acceptors (Lipinski definition) is 3. The van der Waals surface area contributed by atoms with Crippen molar-refractivity contribution < 1.29 is 21.9 Å². The van der Waals surface area contributed by atoms with Gasteiger partial charge in [-0.1, -0.05) is 0 Å². The molecule has 0 bridgehead atoms. The molecule has 0 spiro atoms. The van der Waals surface area contributed by atoms with Crippen molar-refractivity contribution in [2.45, 2.75) is 11.5 Å². The van der Waals surface area contributed by atoms with Gasteiger partial charge >= 0.3 is 6.61 Å². The molecule has 0 saturated heterocycles. The van der Waals surface area contributed by atoms with E-state index in [4.69, 9.17) is 10.7 Å². The van der Waals surface area contributed by atoms with E-state index in [1.54, 1.807) is 0 Å². The van der Waals surface area contributed by atoms with E-state index in [1.165, 1.54) is 12.1 Å². The van der Waals surface area contributed by atoms with Crippen LogP contribution >= 0.6 is 42.5 Å². The fourth-order valence-electron chi connectivity index (χ4n) is 0.941. The van der Waals surface area contributed by atoms with Gasteiger partial charge in [-0.15, -0.1) is 0 Å². The number of halogens is 5. The lowest BCUT2D eigenvalue weighted by Gasteiger charge is -2.11. The van der Waals surface area contributed by atoms with Crippen molar-refractivity contribution in [1.82, 2.24) is 0 Å². The van der Waals surface area contributed by atoms with E-state index in [0.717, 1.165) is 0 Å². The Hall–Kier alpha value is 0.0800. The summed E-state index contributed by atoms with van der Waals surface area (Å²) in [5.74, 6) is -0.528. The topological polar surface area (TPSA) is 43.4 Å². The van der Waals surface area contributed by atoms with Gasteiger partial charge in [0, 0.05) is 15.2 Å². The molecular weight excluding hydrogens is 397 g/mol. The summed E-state index contributed by atoms with van der Waals surface area (Å²) in [6.07, 6.45) is 0. The SMILES string of the molecule is O=S(=O)(Cl)c1c(Br)ccc(Br)c1OC(F)F. The lowest BCUT2D eigenvalue weighted by Crippen LogP contribution is -2.07. The van der Waals surface area contributed by atoms with Gasteiger partial charge in [0.25, 0.3) is 9.05 Å². The molecule has 16 heavy (non-hydrogen) atoms. The highest BCUT2D eigenvalue weighted by Gasteiger charge is 2.25. The zero-order valence-electron chi connectivity index (χ0n) is 7.25. The van der Waals surface area contributed by atoms with Crippen LogP contribution in [0.3, 0.4) is 0 Å². The maximum atomic E-state index is 12.1. The second-order valence-corrected chi connectivity index (χ2v) is 6.72. The van der Waals surface area contributed by atoms with E-state index in [9.17, 15) is 17.2 Å². The van der Waals surface area contributed by atoms with Crippen molar-refractivity contribution in [2.75, 3.05) is 0 Å². The first-order valence-electron chi connectivity index (χ1n) is 3.61. The molecule has 0 aromatic heterocycles. The van der Waals surface area contributed by atoms with Crippen molar-refractivity contribution in [3.05, 3.63) is 21.1 Å². The highest BCUT2D eigenvalue weighted by Crippen LogP contribution is 2.40. The van der Waals surface area contributed by atoms with E-state index < -0.39 is 26.3 Å². The molecule has 1 rings (SSSR count). The third-order valence-corrected chi connectivity index (χ3v) is 4.37. The van der Waals surface area contributed by atoms with Crippen LogP contribution in [0.15, 0.2) is 26.0 Å². The molecule has 0 saturated carbocycles. The average molecular weight is 400 g/mol. The van der Waals surface area contributed by atoms with Crippen molar-refractivity contribution >= 4 is 51.6 Å². The molecule has 9 heteroatoms. The monoisotopic (exact) mass is 398 g/mol. The number of benzene rings is 1. The van der Waals surface area contributed by atoms with Crippen LogP contribution in [0.2, 0.25) is 0 Å². The Kier molecular flexibility index (Phi) is 4.56. The minimum atomic E-state index is -4.20. The van der Waals surface area contributed by atoms with Gasteiger partial charge in [-0.3, -0.25) is 0 Å². The Morgan fingerprint density at radius 2 is 1.75 bits per heavy atom. The first-order chi connectivity index (χ1) is 7.23. The molecule has 0 heterocycles. The minimum Gasteiger partial charge on any atom is -0.432 e. The van der Waals surface area contributed by atoms with Gasteiger partial charge in [-0.2, -0.15) is 8.78 Å². The van der Waals surface area contributed by atoms with Gasteiger partial charge in [0.1, 0.15) is 4.90 Å². The summed E-state index contributed by atoms with van der Waals surface area (Å²) < 4.78 is 50.8. The molecule has 0 atom stereocenters. The quantitative estimate of drug-likeness (QED) is 0.726. The van der Waals surface area contributed by atoms with E-state index >= 15 is 0 Å². The smallest absolute Gasteiger partial charge is 0.387 e. The molecule has 0 aliphatic carbocycles. The normalized spacial score (nSPS) is 11.9. The molecule has 1 aromatic carbocycles. The molecule has 0 aliphatic heterocycles. The zero-order chi connectivity index (χ0) is 12.5. The second-order valence-electron chi connectivity index (χ2n) is 2.50. The molecule has 0 radical (unpaired) electrons. The predicted molar refractivity (Wildman–Crippen MR) is 61.5 cm³/mol. The average Bonchev–Trinajstić information content (AvgIpc) is 2.08. The van der Waals surface area contributed by atoms with E-state index in [-0.39, 0.29) is 8.95 Å². The number of ether oxygens (including phenoxy) is 1. The van der Waals surface area contributed by atoms with E-state index in [1.807, 2.05) is 0 Å². The van der Waals surface area contributed by atoms with Crippen LogP contribution in [-0.4, -0.2) is 15.0 Å². The Morgan fingerprint density at radius 1 is 1.25 bits per heavy atom. The number of rotatable bonds is 3. The first-order valence-corrected chi connectivity index (χ1v) is 7.50. The molecule has 0 fully saturated rings. The molecule has 0 unspecified atom stereocenters. The van der Waals surface area contributed by atoms with Crippen LogP contribution in [-0.2, 0) is 9.05 Å². The predicted octanol–water partition coefficient (Wildman–Crippen LogP) is 3.74. The fourth-order valence-corrected chi connectivity index (χ4v) is 3.87. The lowest BCUT2D eigenvalue weighted by molar-refractivity contribution is -0.0523. The van der Waals surface area contributed by atoms with Gasteiger partial charge in [-0.25, -0.2) is 8.42 Å². The van der Waals surface area contributed by atoms with E-state index in [2.05, 4.69) is 36.6 Å². The summed E-state index contributed by atoms with van der Waals surface area (Å²) in [5.41, 5.74) is 0. The van der Waals surface area contributed by atoms with Crippen molar-refractivity contribution in [3.8, 4) is 5.75 Å². The Balaban J connectivity index is 3.50. The zero-order valence-corrected chi connectivity index (χ0v) is 12.0. The molecule has 0 amide bonds. The Bertz CT molecular complexity index is 507. The maximum Gasteiger partial charge on any atom is 0.387 e. The highest BCUT2D eigenvalue weighted by molar-refractivity contribution is 9.11. The molecule has 90 valence electrons. The largest absolute Gasteiger partial charge is 0.432 e.